The lowest BCUT2D eigenvalue weighted by molar-refractivity contribution is -0.112. The summed E-state index contributed by atoms with van der Waals surface area (Å²) in [6, 6.07) is 24.6. The molecule has 0 atom stereocenters. The molecule has 1 aliphatic heterocycles. The van der Waals surface area contributed by atoms with Crippen LogP contribution in [0.3, 0.4) is 0 Å². The summed E-state index contributed by atoms with van der Waals surface area (Å²) in [7, 11) is 1.94. The van der Waals surface area contributed by atoms with E-state index in [0.717, 1.165) is 16.8 Å². The zero-order valence-electron chi connectivity index (χ0n) is 18.1. The Labute approximate surface area is 187 Å². The average Bonchev–Trinajstić information content (AvgIpc) is 2.82. The van der Waals surface area contributed by atoms with Crippen LogP contribution >= 0.6 is 0 Å². The largest absolute Gasteiger partial charge is 0.374 e. The van der Waals surface area contributed by atoms with Crippen LogP contribution in [0.4, 0.5) is 11.4 Å². The van der Waals surface area contributed by atoms with Crippen molar-refractivity contribution in [1.29, 1.82) is 5.26 Å². The van der Waals surface area contributed by atoms with Crippen LogP contribution in [-0.4, -0.2) is 25.4 Å². The Morgan fingerprint density at radius 3 is 2.25 bits per heavy atom. The maximum Gasteiger partial charge on any atom is 0.265 e. The van der Waals surface area contributed by atoms with Gasteiger partial charge in [-0.3, -0.25) is 9.59 Å². The van der Waals surface area contributed by atoms with Gasteiger partial charge in [0.05, 0.1) is 18.2 Å². The van der Waals surface area contributed by atoms with Crippen LogP contribution in [0.2, 0.25) is 0 Å². The first-order chi connectivity index (χ1) is 15.5. The molecule has 0 fully saturated rings. The van der Waals surface area contributed by atoms with E-state index in [2.05, 4.69) is 6.07 Å². The molecule has 0 N–H and O–H groups in total. The predicted octanol–water partition coefficient (Wildman–Crippen LogP) is 5.07. The zero-order valence-corrected chi connectivity index (χ0v) is 18.1. The van der Waals surface area contributed by atoms with E-state index in [1.165, 1.54) is 4.90 Å². The molecule has 5 heteroatoms. The fourth-order valence-corrected chi connectivity index (χ4v) is 3.86. The smallest absolute Gasteiger partial charge is 0.265 e. The molecule has 4 rings (SSSR count). The first kappa shape index (κ1) is 21.1. The molecule has 3 aromatic carbocycles. The summed E-state index contributed by atoms with van der Waals surface area (Å²) in [4.78, 5) is 30.1. The summed E-state index contributed by atoms with van der Waals surface area (Å²) in [6.07, 6.45) is 2.29. The Bertz CT molecular complexity index is 1250. The van der Waals surface area contributed by atoms with Crippen LogP contribution in [0.25, 0.3) is 11.6 Å². The number of benzene rings is 3. The number of anilines is 2. The first-order valence-electron chi connectivity index (χ1n) is 10.4. The summed E-state index contributed by atoms with van der Waals surface area (Å²) >= 11 is 0. The highest BCUT2D eigenvalue weighted by Gasteiger charge is 2.36. The molecule has 0 spiro atoms. The molecule has 5 nitrogen and oxygen atoms in total. The SMILES string of the molecule is Cc1ccccc1N1C(=O)C(=Cc2ccc(N(C)CCC#N)cc2)c2ccccc2C1=O. The second-order valence-corrected chi connectivity index (χ2v) is 7.76. The molecule has 2 amide bonds. The number of carbonyl (C=O) groups excluding carboxylic acids is 2. The Morgan fingerprint density at radius 2 is 1.56 bits per heavy atom. The van der Waals surface area contributed by atoms with Crippen molar-refractivity contribution < 1.29 is 9.59 Å². The van der Waals surface area contributed by atoms with E-state index in [4.69, 9.17) is 5.26 Å². The third kappa shape index (κ3) is 3.91. The van der Waals surface area contributed by atoms with Crippen LogP contribution in [0.1, 0.15) is 33.5 Å². The van der Waals surface area contributed by atoms with Crippen LogP contribution in [0.5, 0.6) is 0 Å². The van der Waals surface area contributed by atoms with Crippen molar-refractivity contribution in [2.45, 2.75) is 13.3 Å². The highest BCUT2D eigenvalue weighted by molar-refractivity contribution is 6.43. The lowest BCUT2D eigenvalue weighted by atomic mass is 9.91. The van der Waals surface area contributed by atoms with Crippen LogP contribution in [-0.2, 0) is 4.79 Å². The molecule has 0 aromatic heterocycles. The monoisotopic (exact) mass is 421 g/mol. The van der Waals surface area contributed by atoms with Gasteiger partial charge in [0.25, 0.3) is 11.8 Å². The van der Waals surface area contributed by atoms with Crippen molar-refractivity contribution in [1.82, 2.24) is 0 Å². The van der Waals surface area contributed by atoms with Crippen LogP contribution in [0.15, 0.2) is 72.8 Å². The summed E-state index contributed by atoms with van der Waals surface area (Å²) in [5, 5.41) is 8.79. The molecule has 0 bridgehead atoms. The standard InChI is InChI=1S/C27H23N3O2/c1-19-8-3-6-11-25(19)30-26(31)23-10-5-4-9-22(23)24(27(30)32)18-20-12-14-21(15-13-20)29(2)17-7-16-28/h3-6,8-15,18H,7,17H2,1-2H3. The molecule has 3 aromatic rings. The van der Waals surface area contributed by atoms with E-state index in [1.54, 1.807) is 12.1 Å². The number of fused-ring (bicyclic) bond motifs is 1. The molecule has 1 heterocycles. The molecule has 158 valence electrons. The summed E-state index contributed by atoms with van der Waals surface area (Å²) in [6.45, 7) is 2.54. The van der Waals surface area contributed by atoms with Crippen molar-refractivity contribution in [2.24, 2.45) is 0 Å². The van der Waals surface area contributed by atoms with Gasteiger partial charge in [-0.25, -0.2) is 4.90 Å². The van der Waals surface area contributed by atoms with Crippen molar-refractivity contribution in [2.75, 3.05) is 23.4 Å². The van der Waals surface area contributed by atoms with Gasteiger partial charge in [-0.1, -0.05) is 48.5 Å². The molecule has 0 saturated carbocycles. The quantitative estimate of drug-likeness (QED) is 0.426. The van der Waals surface area contributed by atoms with Gasteiger partial charge < -0.3 is 4.90 Å². The van der Waals surface area contributed by atoms with Gasteiger partial charge in [0.15, 0.2) is 0 Å². The van der Waals surface area contributed by atoms with Gasteiger partial charge in [0.1, 0.15) is 0 Å². The maximum absolute atomic E-state index is 13.5. The van der Waals surface area contributed by atoms with Gasteiger partial charge >= 0.3 is 0 Å². The minimum Gasteiger partial charge on any atom is -0.374 e. The Balaban J connectivity index is 1.76. The minimum absolute atomic E-state index is 0.313. The lowest BCUT2D eigenvalue weighted by Crippen LogP contribution is -2.42. The fourth-order valence-electron chi connectivity index (χ4n) is 3.86. The van der Waals surface area contributed by atoms with Gasteiger partial charge in [-0.15, -0.1) is 0 Å². The third-order valence-corrected chi connectivity index (χ3v) is 5.64. The molecule has 32 heavy (non-hydrogen) atoms. The number of nitriles is 1. The normalized spacial score (nSPS) is 14.3. The second kappa shape index (κ2) is 8.91. The van der Waals surface area contributed by atoms with Crippen molar-refractivity contribution in [3.05, 3.63) is 95.1 Å². The Morgan fingerprint density at radius 1 is 0.906 bits per heavy atom. The van der Waals surface area contributed by atoms with Gasteiger partial charge in [-0.05, 0) is 54.0 Å². The number of para-hydroxylation sites is 1. The zero-order chi connectivity index (χ0) is 22.7. The number of imide groups is 1. The van der Waals surface area contributed by atoms with Gasteiger partial charge in [0, 0.05) is 30.4 Å². The minimum atomic E-state index is -0.335. The molecular weight excluding hydrogens is 398 g/mol. The van der Waals surface area contributed by atoms with E-state index >= 15 is 0 Å². The van der Waals surface area contributed by atoms with E-state index < -0.39 is 0 Å². The second-order valence-electron chi connectivity index (χ2n) is 7.76. The highest BCUT2D eigenvalue weighted by Crippen LogP contribution is 2.34. The van der Waals surface area contributed by atoms with Crippen molar-refractivity contribution >= 4 is 34.8 Å². The molecule has 0 aliphatic carbocycles. The number of amides is 2. The summed E-state index contributed by atoms with van der Waals surface area (Å²) in [5.41, 5.74) is 4.94. The van der Waals surface area contributed by atoms with E-state index in [9.17, 15) is 9.59 Å². The number of carbonyl (C=O) groups is 2. The van der Waals surface area contributed by atoms with Crippen LogP contribution < -0.4 is 9.80 Å². The summed E-state index contributed by atoms with van der Waals surface area (Å²) in [5.74, 6) is -0.648. The molecular formula is C27H23N3O2. The first-order valence-corrected chi connectivity index (χ1v) is 10.4. The molecule has 1 aliphatic rings. The Kier molecular flexibility index (Phi) is 5.87. The van der Waals surface area contributed by atoms with E-state index in [-0.39, 0.29) is 11.8 Å². The molecule has 0 radical (unpaired) electrons. The van der Waals surface area contributed by atoms with Crippen LogP contribution in [0, 0.1) is 18.3 Å². The van der Waals surface area contributed by atoms with Gasteiger partial charge in [-0.2, -0.15) is 5.26 Å². The lowest BCUT2D eigenvalue weighted by Gasteiger charge is -2.29. The number of rotatable bonds is 5. The topological polar surface area (TPSA) is 64.4 Å². The summed E-state index contributed by atoms with van der Waals surface area (Å²) < 4.78 is 0. The fraction of sp³-hybridized carbons (Fsp3) is 0.148. The van der Waals surface area contributed by atoms with E-state index in [1.807, 2.05) is 85.6 Å². The Hall–Kier alpha value is -4.17. The molecule has 0 saturated heterocycles. The number of hydrogen-bond acceptors (Lipinski definition) is 4. The van der Waals surface area contributed by atoms with Crippen molar-refractivity contribution in [3.63, 3.8) is 0 Å². The number of nitrogens with zero attached hydrogens (tertiary/aromatic N) is 3. The third-order valence-electron chi connectivity index (χ3n) is 5.64. The van der Waals surface area contributed by atoms with Crippen molar-refractivity contribution in [3.8, 4) is 6.07 Å². The predicted molar refractivity (Wildman–Crippen MR) is 127 cm³/mol. The maximum atomic E-state index is 13.5. The van der Waals surface area contributed by atoms with Gasteiger partial charge in [0.2, 0.25) is 0 Å². The average molecular weight is 422 g/mol. The highest BCUT2D eigenvalue weighted by atomic mass is 16.2. The van der Waals surface area contributed by atoms with E-state index in [0.29, 0.717) is 35.4 Å². The molecule has 0 unspecified atom stereocenters. The number of hydrogen-bond donors (Lipinski definition) is 0. The number of aryl methyl sites for hydroxylation is 1.